The highest BCUT2D eigenvalue weighted by molar-refractivity contribution is 6.26. The highest BCUT2D eigenvalue weighted by atomic mass is 16.3. The molecule has 0 bridgehead atoms. The Morgan fingerprint density at radius 3 is 1.80 bits per heavy atom. The van der Waals surface area contributed by atoms with E-state index in [9.17, 15) is 0 Å². The average Bonchev–Trinajstić information content (AvgIpc) is 3.66. The number of fused-ring (bicyclic) bond motifs is 8. The van der Waals surface area contributed by atoms with Crippen molar-refractivity contribution in [1.29, 1.82) is 0 Å². The molecule has 11 aromatic rings. The maximum Gasteiger partial charge on any atom is 0.162 e. The SMILES string of the molecule is c1ccc(-c2cc(-c3cccc(-c4cccc5nc(-c6cc7ccccc7c7ccccc67)c6oc7ccccc7c6c45)c3)nc(-c3ccccc3)n2)cc1. The first-order chi connectivity index (χ1) is 27.3. The van der Waals surface area contributed by atoms with Gasteiger partial charge in [0, 0.05) is 38.4 Å². The van der Waals surface area contributed by atoms with Gasteiger partial charge in [-0.2, -0.15) is 0 Å². The summed E-state index contributed by atoms with van der Waals surface area (Å²) in [6.07, 6.45) is 0. The Kier molecular flexibility index (Phi) is 7.14. The molecule has 0 aliphatic rings. The molecular weight excluding hydrogens is 671 g/mol. The Labute approximate surface area is 317 Å². The van der Waals surface area contributed by atoms with Gasteiger partial charge in [0.25, 0.3) is 0 Å². The number of furan rings is 1. The third kappa shape index (κ3) is 5.19. The van der Waals surface area contributed by atoms with Crippen molar-refractivity contribution in [3.05, 3.63) is 188 Å². The van der Waals surface area contributed by atoms with Crippen molar-refractivity contribution in [2.24, 2.45) is 0 Å². The van der Waals surface area contributed by atoms with Crippen molar-refractivity contribution in [2.45, 2.75) is 0 Å². The molecule has 0 aliphatic heterocycles. The number of nitrogens with zero attached hydrogens (tertiary/aromatic N) is 3. The number of hydrogen-bond donors (Lipinski definition) is 0. The molecule has 3 aromatic heterocycles. The molecule has 0 saturated heterocycles. The van der Waals surface area contributed by atoms with E-state index in [0.29, 0.717) is 5.82 Å². The number of para-hydroxylation sites is 1. The lowest BCUT2D eigenvalue weighted by Gasteiger charge is -2.14. The Morgan fingerprint density at radius 1 is 0.364 bits per heavy atom. The third-order valence-corrected chi connectivity index (χ3v) is 10.7. The molecule has 0 saturated carbocycles. The molecule has 4 nitrogen and oxygen atoms in total. The van der Waals surface area contributed by atoms with Gasteiger partial charge in [0.2, 0.25) is 0 Å². The fourth-order valence-corrected chi connectivity index (χ4v) is 8.12. The molecule has 256 valence electrons. The number of benzene rings is 8. The van der Waals surface area contributed by atoms with Crippen LogP contribution in [0.5, 0.6) is 0 Å². The molecule has 3 heterocycles. The van der Waals surface area contributed by atoms with E-state index in [0.717, 1.165) is 88.7 Å². The molecule has 0 spiro atoms. The number of rotatable bonds is 5. The van der Waals surface area contributed by atoms with Gasteiger partial charge in [0.05, 0.1) is 16.9 Å². The molecule has 0 unspecified atom stereocenters. The van der Waals surface area contributed by atoms with Gasteiger partial charge in [-0.25, -0.2) is 15.0 Å². The van der Waals surface area contributed by atoms with Crippen molar-refractivity contribution in [1.82, 2.24) is 15.0 Å². The molecule has 4 heteroatoms. The first-order valence-electron chi connectivity index (χ1n) is 18.5. The van der Waals surface area contributed by atoms with Gasteiger partial charge in [0.15, 0.2) is 11.4 Å². The lowest BCUT2D eigenvalue weighted by molar-refractivity contribution is 0.669. The standard InChI is InChI=1S/C51H31N3O/c1-3-15-32(16-4-1)44-31-45(54-51(53-44)33-17-5-2-6-18-33)36-21-13-20-34(29-36)38-26-14-27-43-47(38)48-41-25-11-12-28-46(41)55-50(48)49(52-43)42-30-35-19-7-8-22-37(35)39-23-9-10-24-40(39)42/h1-31H. The monoisotopic (exact) mass is 701 g/mol. The predicted octanol–water partition coefficient (Wildman–Crippen LogP) is 13.6. The molecule has 0 amide bonds. The van der Waals surface area contributed by atoms with E-state index in [-0.39, 0.29) is 0 Å². The Morgan fingerprint density at radius 2 is 0.982 bits per heavy atom. The predicted molar refractivity (Wildman–Crippen MR) is 227 cm³/mol. The first-order valence-corrected chi connectivity index (χ1v) is 18.5. The van der Waals surface area contributed by atoms with Crippen molar-refractivity contribution in [3.63, 3.8) is 0 Å². The van der Waals surface area contributed by atoms with E-state index in [1.54, 1.807) is 0 Å². The van der Waals surface area contributed by atoms with E-state index in [1.165, 1.54) is 16.2 Å². The lowest BCUT2D eigenvalue weighted by atomic mass is 9.92. The average molecular weight is 702 g/mol. The summed E-state index contributed by atoms with van der Waals surface area (Å²) in [4.78, 5) is 15.6. The summed E-state index contributed by atoms with van der Waals surface area (Å²) in [6, 6.07) is 65.4. The second kappa shape index (κ2) is 12.6. The van der Waals surface area contributed by atoms with E-state index < -0.39 is 0 Å². The molecule has 55 heavy (non-hydrogen) atoms. The normalized spacial score (nSPS) is 11.6. The van der Waals surface area contributed by atoms with Crippen molar-refractivity contribution >= 4 is 54.4 Å². The van der Waals surface area contributed by atoms with Crippen LogP contribution < -0.4 is 0 Å². The van der Waals surface area contributed by atoms with Crippen LogP contribution in [-0.2, 0) is 0 Å². The molecule has 0 atom stereocenters. The van der Waals surface area contributed by atoms with Gasteiger partial charge in [-0.15, -0.1) is 0 Å². The van der Waals surface area contributed by atoms with Crippen molar-refractivity contribution in [2.75, 3.05) is 0 Å². The van der Waals surface area contributed by atoms with E-state index in [4.69, 9.17) is 19.4 Å². The quantitative estimate of drug-likeness (QED) is 0.168. The largest absolute Gasteiger partial charge is 0.454 e. The van der Waals surface area contributed by atoms with Gasteiger partial charge in [-0.3, -0.25) is 0 Å². The summed E-state index contributed by atoms with van der Waals surface area (Å²) in [6.45, 7) is 0. The number of pyridine rings is 1. The van der Waals surface area contributed by atoms with Crippen LogP contribution in [0.15, 0.2) is 192 Å². The highest BCUT2D eigenvalue weighted by Gasteiger charge is 2.22. The fourth-order valence-electron chi connectivity index (χ4n) is 8.12. The number of aromatic nitrogens is 3. The molecular formula is C51H31N3O. The first kappa shape index (κ1) is 31.1. The second-order valence-corrected chi connectivity index (χ2v) is 13.9. The molecule has 0 aliphatic carbocycles. The van der Waals surface area contributed by atoms with Gasteiger partial charge >= 0.3 is 0 Å². The van der Waals surface area contributed by atoms with Crippen molar-refractivity contribution in [3.8, 4) is 56.3 Å². The van der Waals surface area contributed by atoms with Gasteiger partial charge < -0.3 is 4.42 Å². The molecule has 11 rings (SSSR count). The Hall–Kier alpha value is -7.43. The highest BCUT2D eigenvalue weighted by Crippen LogP contribution is 2.45. The maximum atomic E-state index is 6.82. The van der Waals surface area contributed by atoms with Gasteiger partial charge in [-0.1, -0.05) is 158 Å². The van der Waals surface area contributed by atoms with E-state index in [2.05, 4.69) is 146 Å². The van der Waals surface area contributed by atoms with Gasteiger partial charge in [-0.05, 0) is 63.0 Å². The van der Waals surface area contributed by atoms with Crippen LogP contribution in [0.3, 0.4) is 0 Å². The minimum atomic E-state index is 0.692. The van der Waals surface area contributed by atoms with Crippen LogP contribution in [0.25, 0.3) is 111 Å². The van der Waals surface area contributed by atoms with E-state index >= 15 is 0 Å². The smallest absolute Gasteiger partial charge is 0.162 e. The summed E-state index contributed by atoms with van der Waals surface area (Å²) < 4.78 is 6.82. The van der Waals surface area contributed by atoms with E-state index in [1.807, 2.05) is 42.5 Å². The zero-order valence-electron chi connectivity index (χ0n) is 29.6. The third-order valence-electron chi connectivity index (χ3n) is 10.7. The molecule has 0 radical (unpaired) electrons. The Bertz CT molecular complexity index is 3200. The van der Waals surface area contributed by atoms with Crippen LogP contribution in [0.1, 0.15) is 0 Å². The second-order valence-electron chi connectivity index (χ2n) is 13.9. The number of hydrogen-bond acceptors (Lipinski definition) is 4. The van der Waals surface area contributed by atoms with Crippen molar-refractivity contribution < 1.29 is 4.42 Å². The van der Waals surface area contributed by atoms with Crippen LogP contribution in [-0.4, -0.2) is 15.0 Å². The van der Waals surface area contributed by atoms with Gasteiger partial charge in [0.1, 0.15) is 11.3 Å². The van der Waals surface area contributed by atoms with Crippen LogP contribution in [0.4, 0.5) is 0 Å². The fraction of sp³-hybridized carbons (Fsp3) is 0. The zero-order valence-corrected chi connectivity index (χ0v) is 29.6. The zero-order chi connectivity index (χ0) is 36.3. The maximum absolute atomic E-state index is 6.82. The molecule has 8 aromatic carbocycles. The topological polar surface area (TPSA) is 51.8 Å². The minimum absolute atomic E-state index is 0.692. The summed E-state index contributed by atoms with van der Waals surface area (Å²) in [7, 11) is 0. The van der Waals surface area contributed by atoms with Crippen LogP contribution in [0, 0.1) is 0 Å². The lowest BCUT2D eigenvalue weighted by Crippen LogP contribution is -1.96. The summed E-state index contributed by atoms with van der Waals surface area (Å²) >= 11 is 0. The summed E-state index contributed by atoms with van der Waals surface area (Å²) in [5.41, 5.74) is 11.3. The summed E-state index contributed by atoms with van der Waals surface area (Å²) in [5, 5.41) is 7.93. The van der Waals surface area contributed by atoms with Crippen LogP contribution in [0.2, 0.25) is 0 Å². The summed E-state index contributed by atoms with van der Waals surface area (Å²) in [5.74, 6) is 0.692. The molecule has 0 fully saturated rings. The molecule has 0 N–H and O–H groups in total. The van der Waals surface area contributed by atoms with Crippen LogP contribution >= 0.6 is 0 Å². The Balaban J connectivity index is 1.15. The minimum Gasteiger partial charge on any atom is -0.454 e.